The van der Waals surface area contributed by atoms with Gasteiger partial charge in [-0.15, -0.1) is 11.3 Å². The van der Waals surface area contributed by atoms with Crippen molar-refractivity contribution in [2.24, 2.45) is 5.73 Å². The highest BCUT2D eigenvalue weighted by Crippen LogP contribution is 2.34. The van der Waals surface area contributed by atoms with Crippen LogP contribution in [0.5, 0.6) is 0 Å². The van der Waals surface area contributed by atoms with E-state index in [-0.39, 0.29) is 0 Å². The van der Waals surface area contributed by atoms with E-state index in [0.29, 0.717) is 0 Å². The van der Waals surface area contributed by atoms with Gasteiger partial charge >= 0.3 is 0 Å². The minimum atomic E-state index is 0.742. The first-order valence-electron chi connectivity index (χ1n) is 5.32. The van der Waals surface area contributed by atoms with Crippen molar-refractivity contribution in [1.29, 1.82) is 0 Å². The molecule has 2 aromatic rings. The molecule has 0 radical (unpaired) electrons. The zero-order chi connectivity index (χ0) is 11.0. The molecule has 0 bridgehead atoms. The minimum absolute atomic E-state index is 0.742. The second-order valence-corrected chi connectivity index (χ2v) is 5.28. The van der Waals surface area contributed by atoms with Crippen LogP contribution in [0, 0.1) is 20.8 Å². The van der Waals surface area contributed by atoms with E-state index in [1.54, 1.807) is 0 Å². The predicted molar refractivity (Wildman–Crippen MR) is 68.8 cm³/mol. The van der Waals surface area contributed by atoms with Crippen LogP contribution >= 0.6 is 11.3 Å². The van der Waals surface area contributed by atoms with Gasteiger partial charge in [-0.05, 0) is 61.9 Å². The molecule has 0 aliphatic heterocycles. The van der Waals surface area contributed by atoms with Crippen LogP contribution in [0.2, 0.25) is 0 Å². The van der Waals surface area contributed by atoms with E-state index in [9.17, 15) is 0 Å². The highest BCUT2D eigenvalue weighted by atomic mass is 32.1. The van der Waals surface area contributed by atoms with E-state index in [1.807, 2.05) is 11.3 Å². The quantitative estimate of drug-likeness (QED) is 0.823. The van der Waals surface area contributed by atoms with Crippen LogP contribution in [-0.2, 0) is 6.42 Å². The molecule has 0 aliphatic rings. The first-order chi connectivity index (χ1) is 7.13. The normalized spacial score (nSPS) is 11.2. The largest absolute Gasteiger partial charge is 0.330 e. The summed E-state index contributed by atoms with van der Waals surface area (Å²) in [4.78, 5) is 1.45. The van der Waals surface area contributed by atoms with Gasteiger partial charge in [0.1, 0.15) is 0 Å². The molecule has 0 aliphatic carbocycles. The molecule has 80 valence electrons. The smallest absolute Gasteiger partial charge is 0.0353 e. The van der Waals surface area contributed by atoms with Gasteiger partial charge in [0.25, 0.3) is 0 Å². The minimum Gasteiger partial charge on any atom is -0.330 e. The second kappa shape index (κ2) is 3.95. The van der Waals surface area contributed by atoms with E-state index >= 15 is 0 Å². The number of benzene rings is 1. The SMILES string of the molecule is Cc1cc(C)c2c(C)c(CCN)sc2c1. The highest BCUT2D eigenvalue weighted by Gasteiger charge is 2.09. The van der Waals surface area contributed by atoms with Crippen LogP contribution in [-0.4, -0.2) is 6.54 Å². The van der Waals surface area contributed by atoms with Gasteiger partial charge in [0.2, 0.25) is 0 Å². The zero-order valence-corrected chi connectivity index (χ0v) is 10.4. The van der Waals surface area contributed by atoms with E-state index in [1.165, 1.54) is 31.7 Å². The van der Waals surface area contributed by atoms with Gasteiger partial charge in [-0.2, -0.15) is 0 Å². The highest BCUT2D eigenvalue weighted by molar-refractivity contribution is 7.19. The van der Waals surface area contributed by atoms with Crippen molar-refractivity contribution in [2.45, 2.75) is 27.2 Å². The first kappa shape index (κ1) is 10.7. The summed E-state index contributed by atoms with van der Waals surface area (Å²) in [7, 11) is 0. The molecule has 15 heavy (non-hydrogen) atoms. The number of aryl methyl sites for hydroxylation is 3. The van der Waals surface area contributed by atoms with Crippen LogP contribution in [0.4, 0.5) is 0 Å². The third kappa shape index (κ3) is 1.80. The molecule has 1 nitrogen and oxygen atoms in total. The maximum absolute atomic E-state index is 5.63. The average Bonchev–Trinajstić information content (AvgIpc) is 2.43. The maximum atomic E-state index is 5.63. The molecule has 0 atom stereocenters. The van der Waals surface area contributed by atoms with E-state index in [2.05, 4.69) is 32.9 Å². The Labute approximate surface area is 94.9 Å². The Hall–Kier alpha value is -0.860. The summed E-state index contributed by atoms with van der Waals surface area (Å²) in [6, 6.07) is 4.54. The topological polar surface area (TPSA) is 26.0 Å². The number of rotatable bonds is 2. The lowest BCUT2D eigenvalue weighted by Crippen LogP contribution is -2.01. The molecule has 2 N–H and O–H groups in total. The fourth-order valence-electron chi connectivity index (χ4n) is 2.21. The summed E-state index contributed by atoms with van der Waals surface area (Å²) >= 11 is 1.90. The van der Waals surface area contributed by atoms with Crippen LogP contribution in [0.15, 0.2) is 12.1 Å². The molecule has 2 heteroatoms. The molecule has 0 amide bonds. The van der Waals surface area contributed by atoms with Crippen LogP contribution in [0.3, 0.4) is 0 Å². The molecule has 2 rings (SSSR count). The maximum Gasteiger partial charge on any atom is 0.0353 e. The summed E-state index contributed by atoms with van der Waals surface area (Å²) in [5, 5.41) is 1.44. The molecule has 1 aromatic heterocycles. The van der Waals surface area contributed by atoms with Crippen molar-refractivity contribution < 1.29 is 0 Å². The summed E-state index contributed by atoms with van der Waals surface area (Å²) in [5.41, 5.74) is 9.79. The zero-order valence-electron chi connectivity index (χ0n) is 9.55. The molecule has 0 saturated heterocycles. The standard InChI is InChI=1S/C13H17NS/c1-8-6-9(2)13-10(3)11(4-5-14)15-12(13)7-8/h6-7H,4-5,14H2,1-3H3. The van der Waals surface area contributed by atoms with E-state index in [0.717, 1.165) is 13.0 Å². The summed E-state index contributed by atoms with van der Waals surface area (Å²) in [6.07, 6.45) is 1.00. The Morgan fingerprint density at radius 3 is 2.60 bits per heavy atom. The van der Waals surface area contributed by atoms with Crippen LogP contribution in [0.25, 0.3) is 10.1 Å². The van der Waals surface area contributed by atoms with E-state index in [4.69, 9.17) is 5.73 Å². The van der Waals surface area contributed by atoms with Crippen molar-refractivity contribution in [3.8, 4) is 0 Å². The van der Waals surface area contributed by atoms with E-state index < -0.39 is 0 Å². The van der Waals surface area contributed by atoms with Gasteiger partial charge in [-0.25, -0.2) is 0 Å². The summed E-state index contributed by atoms with van der Waals surface area (Å²) in [6.45, 7) is 7.31. The molecule has 1 aromatic carbocycles. The van der Waals surface area contributed by atoms with Crippen molar-refractivity contribution in [2.75, 3.05) is 6.54 Å². The molecule has 0 spiro atoms. The number of hydrogen-bond donors (Lipinski definition) is 1. The predicted octanol–water partition coefficient (Wildman–Crippen LogP) is 3.33. The monoisotopic (exact) mass is 219 g/mol. The lowest BCUT2D eigenvalue weighted by atomic mass is 10.0. The summed E-state index contributed by atoms with van der Waals surface area (Å²) < 4.78 is 1.41. The molecular formula is C13H17NS. The van der Waals surface area contributed by atoms with Crippen molar-refractivity contribution in [3.05, 3.63) is 33.7 Å². The Balaban J connectivity index is 2.70. The Morgan fingerprint density at radius 1 is 1.20 bits per heavy atom. The van der Waals surface area contributed by atoms with Crippen LogP contribution in [0.1, 0.15) is 21.6 Å². The van der Waals surface area contributed by atoms with Crippen LogP contribution < -0.4 is 5.73 Å². The van der Waals surface area contributed by atoms with Gasteiger partial charge in [0.05, 0.1) is 0 Å². The van der Waals surface area contributed by atoms with Gasteiger partial charge < -0.3 is 5.73 Å². The molecule has 1 heterocycles. The van der Waals surface area contributed by atoms with Crippen molar-refractivity contribution in [1.82, 2.24) is 0 Å². The van der Waals surface area contributed by atoms with Crippen molar-refractivity contribution in [3.63, 3.8) is 0 Å². The number of thiophene rings is 1. The van der Waals surface area contributed by atoms with Gasteiger partial charge in [0, 0.05) is 9.58 Å². The third-order valence-corrected chi connectivity index (χ3v) is 4.14. The number of fused-ring (bicyclic) bond motifs is 1. The van der Waals surface area contributed by atoms with Gasteiger partial charge in [-0.3, -0.25) is 0 Å². The lowest BCUT2D eigenvalue weighted by Gasteiger charge is -2.00. The lowest BCUT2D eigenvalue weighted by molar-refractivity contribution is 0.981. The summed E-state index contributed by atoms with van der Waals surface area (Å²) in [5.74, 6) is 0. The van der Waals surface area contributed by atoms with Gasteiger partial charge in [0.15, 0.2) is 0 Å². The van der Waals surface area contributed by atoms with Gasteiger partial charge in [-0.1, -0.05) is 6.07 Å². The van der Waals surface area contributed by atoms with Crippen molar-refractivity contribution >= 4 is 21.4 Å². The number of nitrogens with two attached hydrogens (primary N) is 1. The fraction of sp³-hybridized carbons (Fsp3) is 0.385. The molecule has 0 unspecified atom stereocenters. The molecular weight excluding hydrogens is 202 g/mol. The average molecular weight is 219 g/mol. The second-order valence-electron chi connectivity index (χ2n) is 4.14. The third-order valence-electron chi connectivity index (χ3n) is 2.84. The Morgan fingerprint density at radius 2 is 1.93 bits per heavy atom. The Kier molecular flexibility index (Phi) is 2.81. The fourth-order valence-corrected chi connectivity index (χ4v) is 3.61. The molecule has 0 fully saturated rings. The first-order valence-corrected chi connectivity index (χ1v) is 6.14. The Bertz CT molecular complexity index is 497. The number of hydrogen-bond acceptors (Lipinski definition) is 2. The molecule has 0 saturated carbocycles.